The van der Waals surface area contributed by atoms with Crippen LogP contribution in [-0.2, 0) is 18.3 Å². The van der Waals surface area contributed by atoms with Crippen molar-refractivity contribution in [3.05, 3.63) is 95.6 Å². The summed E-state index contributed by atoms with van der Waals surface area (Å²) in [5.41, 5.74) is 3.62. The molecule has 8 heteroatoms. The maximum atomic E-state index is 12.7. The van der Waals surface area contributed by atoms with Crippen molar-refractivity contribution >= 4 is 40.2 Å². The first kappa shape index (κ1) is 22.9. The molecule has 1 atom stereocenters. The number of hydrogen-bond acceptors (Lipinski definition) is 5. The Hall–Kier alpha value is -3.91. The molecule has 1 saturated heterocycles. The van der Waals surface area contributed by atoms with Gasteiger partial charge in [-0.15, -0.1) is 22.0 Å². The molecule has 0 saturated carbocycles. The molecule has 0 aliphatic carbocycles. The van der Waals surface area contributed by atoms with Gasteiger partial charge in [0.2, 0.25) is 11.8 Å². The van der Waals surface area contributed by atoms with E-state index in [9.17, 15) is 14.7 Å². The fourth-order valence-corrected chi connectivity index (χ4v) is 5.49. The number of aryl methyl sites for hydroxylation is 1. The third-order valence-corrected chi connectivity index (χ3v) is 7.44. The van der Waals surface area contributed by atoms with Crippen LogP contribution >= 0.6 is 11.8 Å². The van der Waals surface area contributed by atoms with Gasteiger partial charge >= 0.3 is 0 Å². The molecule has 1 aromatic heterocycles. The lowest BCUT2D eigenvalue weighted by Gasteiger charge is -2.24. The summed E-state index contributed by atoms with van der Waals surface area (Å²) in [6.07, 6.45) is 0.793. The van der Waals surface area contributed by atoms with Gasteiger partial charge in [-0.25, -0.2) is 0 Å². The van der Waals surface area contributed by atoms with E-state index in [1.165, 1.54) is 5.56 Å². The molecule has 4 aromatic rings. The average molecular weight is 485 g/mol. The number of para-hydroxylation sites is 1. The Labute approximate surface area is 207 Å². The van der Waals surface area contributed by atoms with Crippen LogP contribution in [0.1, 0.15) is 26.9 Å². The predicted octanol–water partition coefficient (Wildman–Crippen LogP) is 5.62. The molecule has 176 valence electrons. The summed E-state index contributed by atoms with van der Waals surface area (Å²) in [7, 11) is 1.73. The summed E-state index contributed by atoms with van der Waals surface area (Å²) in [6.45, 7) is 0.643. The molecule has 35 heavy (non-hydrogen) atoms. The quantitative estimate of drug-likeness (QED) is 0.360. The van der Waals surface area contributed by atoms with Crippen LogP contribution in [0.25, 0.3) is 10.9 Å². The molecule has 0 bridgehead atoms. The second kappa shape index (κ2) is 9.76. The summed E-state index contributed by atoms with van der Waals surface area (Å²) < 4.78 is 1.60. The number of amides is 2. The number of azo groups is 1. The van der Waals surface area contributed by atoms with Crippen LogP contribution in [0, 0.1) is 0 Å². The number of aromatic nitrogens is 1. The predicted molar refractivity (Wildman–Crippen MR) is 137 cm³/mol. The Morgan fingerprint density at radius 1 is 1.03 bits per heavy atom. The molecule has 1 aliphatic heterocycles. The SMILES string of the molecule is Cn1c(O)c(N=NC(=O)c2ccc([C@H]3SCC(=O)N3CCc3ccccc3)cc2)c2ccccc21. The van der Waals surface area contributed by atoms with Crippen LogP contribution in [-0.4, -0.2) is 38.7 Å². The van der Waals surface area contributed by atoms with Crippen LogP contribution in [0.4, 0.5) is 5.69 Å². The largest absolute Gasteiger partial charge is 0.493 e. The molecule has 0 unspecified atom stereocenters. The van der Waals surface area contributed by atoms with Gasteiger partial charge in [0.1, 0.15) is 5.37 Å². The van der Waals surface area contributed by atoms with Crippen LogP contribution in [0.3, 0.4) is 0 Å². The molecule has 1 aliphatic rings. The minimum absolute atomic E-state index is 0.0448. The molecule has 3 aromatic carbocycles. The Bertz CT molecular complexity index is 1410. The topological polar surface area (TPSA) is 87.3 Å². The van der Waals surface area contributed by atoms with E-state index >= 15 is 0 Å². The van der Waals surface area contributed by atoms with Crippen molar-refractivity contribution in [1.29, 1.82) is 0 Å². The Balaban J connectivity index is 1.30. The summed E-state index contributed by atoms with van der Waals surface area (Å²) >= 11 is 1.59. The van der Waals surface area contributed by atoms with Gasteiger partial charge in [0, 0.05) is 24.5 Å². The Morgan fingerprint density at radius 3 is 2.51 bits per heavy atom. The molecule has 2 heterocycles. The first-order chi connectivity index (χ1) is 17.0. The number of carbonyl (C=O) groups is 2. The zero-order valence-corrected chi connectivity index (χ0v) is 20.0. The molecule has 2 amide bonds. The van der Waals surface area contributed by atoms with E-state index in [2.05, 4.69) is 22.4 Å². The van der Waals surface area contributed by atoms with E-state index in [1.807, 2.05) is 59.5 Å². The highest BCUT2D eigenvalue weighted by Crippen LogP contribution is 2.39. The van der Waals surface area contributed by atoms with Gasteiger partial charge < -0.3 is 14.6 Å². The van der Waals surface area contributed by atoms with Crippen molar-refractivity contribution in [3.8, 4) is 5.88 Å². The third kappa shape index (κ3) is 4.57. The van der Waals surface area contributed by atoms with E-state index < -0.39 is 5.91 Å². The normalized spacial score (nSPS) is 16.0. The van der Waals surface area contributed by atoms with Crippen LogP contribution in [0.15, 0.2) is 89.1 Å². The van der Waals surface area contributed by atoms with Crippen molar-refractivity contribution in [1.82, 2.24) is 9.47 Å². The van der Waals surface area contributed by atoms with Gasteiger partial charge in [0.05, 0.1) is 11.3 Å². The summed E-state index contributed by atoms with van der Waals surface area (Å²) in [5.74, 6) is 0.0273. The molecule has 0 radical (unpaired) electrons. The van der Waals surface area contributed by atoms with Crippen molar-refractivity contribution in [2.45, 2.75) is 11.8 Å². The lowest BCUT2D eigenvalue weighted by atomic mass is 10.1. The summed E-state index contributed by atoms with van der Waals surface area (Å²) in [4.78, 5) is 27.1. The molecular formula is C27H24N4O3S. The first-order valence-corrected chi connectivity index (χ1v) is 12.3. The van der Waals surface area contributed by atoms with Crippen LogP contribution in [0.5, 0.6) is 5.88 Å². The van der Waals surface area contributed by atoms with E-state index in [4.69, 9.17) is 0 Å². The van der Waals surface area contributed by atoms with Gasteiger partial charge in [0.15, 0.2) is 5.69 Å². The maximum absolute atomic E-state index is 12.7. The second-order valence-corrected chi connectivity index (χ2v) is 9.43. The highest BCUT2D eigenvalue weighted by molar-refractivity contribution is 8.00. The van der Waals surface area contributed by atoms with E-state index in [0.29, 0.717) is 17.9 Å². The zero-order valence-electron chi connectivity index (χ0n) is 19.2. The number of hydrogen-bond donors (Lipinski definition) is 1. The van der Waals surface area contributed by atoms with E-state index in [-0.39, 0.29) is 22.8 Å². The highest BCUT2D eigenvalue weighted by atomic mass is 32.2. The molecular weight excluding hydrogens is 460 g/mol. The number of benzene rings is 3. The van der Waals surface area contributed by atoms with Crippen molar-refractivity contribution in [2.75, 3.05) is 12.3 Å². The number of fused-ring (bicyclic) bond motifs is 1. The number of carbonyl (C=O) groups excluding carboxylic acids is 2. The van der Waals surface area contributed by atoms with Gasteiger partial charge in [-0.3, -0.25) is 9.59 Å². The van der Waals surface area contributed by atoms with Crippen molar-refractivity contribution in [2.24, 2.45) is 17.3 Å². The van der Waals surface area contributed by atoms with Gasteiger partial charge in [0.25, 0.3) is 5.91 Å². The minimum Gasteiger partial charge on any atom is -0.493 e. The highest BCUT2D eigenvalue weighted by Gasteiger charge is 2.32. The number of aromatic hydroxyl groups is 1. The van der Waals surface area contributed by atoms with Crippen molar-refractivity contribution < 1.29 is 14.7 Å². The lowest BCUT2D eigenvalue weighted by Crippen LogP contribution is -2.30. The third-order valence-electron chi connectivity index (χ3n) is 6.19. The zero-order chi connectivity index (χ0) is 24.4. The molecule has 0 spiro atoms. The Kier molecular flexibility index (Phi) is 6.37. The number of thioether (sulfide) groups is 1. The van der Waals surface area contributed by atoms with Gasteiger partial charge in [-0.1, -0.05) is 60.7 Å². The number of nitrogens with zero attached hydrogens (tertiary/aromatic N) is 4. The average Bonchev–Trinajstić information content (AvgIpc) is 3.38. The minimum atomic E-state index is -0.500. The van der Waals surface area contributed by atoms with Crippen LogP contribution in [0.2, 0.25) is 0 Å². The fourth-order valence-electron chi connectivity index (χ4n) is 4.27. The van der Waals surface area contributed by atoms with Gasteiger partial charge in [-0.05, 0) is 35.7 Å². The molecule has 1 fully saturated rings. The van der Waals surface area contributed by atoms with Gasteiger partial charge in [-0.2, -0.15) is 0 Å². The molecule has 1 N–H and O–H groups in total. The van der Waals surface area contributed by atoms with Crippen molar-refractivity contribution in [3.63, 3.8) is 0 Å². The number of rotatable bonds is 6. The maximum Gasteiger partial charge on any atom is 0.295 e. The monoisotopic (exact) mass is 484 g/mol. The second-order valence-electron chi connectivity index (χ2n) is 8.36. The first-order valence-electron chi connectivity index (χ1n) is 11.3. The summed E-state index contributed by atoms with van der Waals surface area (Å²) in [6, 6.07) is 24.7. The standard InChI is InChI=1S/C27H24N4O3S/c1-30-22-10-6-5-9-21(22)24(26(30)34)28-29-25(33)19-11-13-20(14-12-19)27-31(23(32)17-35-27)16-15-18-7-3-2-4-8-18/h2-14,27,34H,15-17H2,1H3/t27-/m1/s1. The molecule has 5 rings (SSSR count). The Morgan fingerprint density at radius 2 is 1.74 bits per heavy atom. The molecule has 7 nitrogen and oxygen atoms in total. The van der Waals surface area contributed by atoms with Crippen LogP contribution < -0.4 is 0 Å². The summed E-state index contributed by atoms with van der Waals surface area (Å²) in [5, 5.41) is 18.9. The van der Waals surface area contributed by atoms with E-state index in [0.717, 1.165) is 22.9 Å². The smallest absolute Gasteiger partial charge is 0.295 e. The fraction of sp³-hybridized carbons (Fsp3) is 0.185. The van der Waals surface area contributed by atoms with E-state index in [1.54, 1.807) is 35.5 Å². The lowest BCUT2D eigenvalue weighted by molar-refractivity contribution is -0.128.